The molecule has 2 aliphatic rings. The molecule has 1 unspecified atom stereocenters. The second kappa shape index (κ2) is 11.5. The first-order chi connectivity index (χ1) is 15.5. The topological polar surface area (TPSA) is 74.9 Å². The van der Waals surface area contributed by atoms with Gasteiger partial charge >= 0.3 is 6.36 Å². The SMILES string of the molecule is CN(C)C1=NC(N)(C2CCC(Nc3ccc(Br)cc3OC(F)(F)F)CC2)Nc2ccccc21.Cl.Cl. The maximum Gasteiger partial charge on any atom is 0.573 e. The Morgan fingerprint density at radius 1 is 1.11 bits per heavy atom. The molecule has 0 aromatic heterocycles. The second-order valence-corrected chi connectivity index (χ2v) is 9.62. The van der Waals surface area contributed by atoms with Crippen molar-refractivity contribution >= 4 is 58.0 Å². The van der Waals surface area contributed by atoms with Crippen molar-refractivity contribution in [1.29, 1.82) is 0 Å². The van der Waals surface area contributed by atoms with E-state index in [0.29, 0.717) is 10.2 Å². The van der Waals surface area contributed by atoms with Crippen molar-refractivity contribution in [2.24, 2.45) is 16.6 Å². The third kappa shape index (κ3) is 6.87. The Kier molecular flexibility index (Phi) is 9.60. The van der Waals surface area contributed by atoms with E-state index in [2.05, 4.69) is 31.3 Å². The van der Waals surface area contributed by atoms with Crippen LogP contribution in [0.1, 0.15) is 31.2 Å². The van der Waals surface area contributed by atoms with Crippen molar-refractivity contribution in [1.82, 2.24) is 4.90 Å². The Morgan fingerprint density at radius 3 is 2.40 bits per heavy atom. The highest BCUT2D eigenvalue weighted by Crippen LogP contribution is 2.39. The Hall–Kier alpha value is -1.88. The summed E-state index contributed by atoms with van der Waals surface area (Å²) in [6.07, 6.45) is -1.70. The standard InChI is InChI=1S/C23H27BrF3N5O.2ClH/c1-32(2)21-17-5-3-4-6-18(17)30-22(28,31-21)14-7-10-16(11-8-14)29-19-12-9-15(24)13-20(19)33-23(25,26)27;;/h3-6,9,12-14,16,29-30H,7-8,10-11,28H2,1-2H3;2*1H. The number of hydrogen-bond acceptors (Lipinski definition) is 6. The van der Waals surface area contributed by atoms with Gasteiger partial charge in [-0.15, -0.1) is 38.0 Å². The third-order valence-corrected chi connectivity index (χ3v) is 6.59. The molecule has 1 fully saturated rings. The average Bonchev–Trinajstić information content (AvgIpc) is 2.74. The van der Waals surface area contributed by atoms with Gasteiger partial charge in [-0.05, 0) is 56.0 Å². The number of amidine groups is 1. The van der Waals surface area contributed by atoms with E-state index in [4.69, 9.17) is 10.7 Å². The summed E-state index contributed by atoms with van der Waals surface area (Å²) in [6.45, 7) is 0. The van der Waals surface area contributed by atoms with E-state index in [-0.39, 0.29) is 42.5 Å². The van der Waals surface area contributed by atoms with E-state index in [1.807, 2.05) is 43.3 Å². The smallest absolute Gasteiger partial charge is 0.404 e. The van der Waals surface area contributed by atoms with Gasteiger partial charge in [0.15, 0.2) is 11.5 Å². The number of nitrogens with two attached hydrogens (primary N) is 1. The van der Waals surface area contributed by atoms with Gasteiger partial charge in [0, 0.05) is 41.8 Å². The minimum absolute atomic E-state index is 0. The van der Waals surface area contributed by atoms with Crippen LogP contribution < -0.4 is 21.1 Å². The fourth-order valence-corrected chi connectivity index (χ4v) is 4.86. The normalized spacial score (nSPS) is 23.5. The number of nitrogens with one attached hydrogen (secondary N) is 2. The Morgan fingerprint density at radius 2 is 1.77 bits per heavy atom. The number of anilines is 2. The molecular weight excluding hydrogens is 570 g/mol. The lowest BCUT2D eigenvalue weighted by Crippen LogP contribution is -2.57. The summed E-state index contributed by atoms with van der Waals surface area (Å²) in [5, 5.41) is 6.65. The Bertz CT molecular complexity index is 1050. The number of alkyl halides is 3. The molecule has 2 aromatic rings. The van der Waals surface area contributed by atoms with Gasteiger partial charge in [-0.3, -0.25) is 5.73 Å². The molecule has 0 bridgehead atoms. The summed E-state index contributed by atoms with van der Waals surface area (Å²) >= 11 is 3.20. The van der Waals surface area contributed by atoms with Crippen LogP contribution in [0, 0.1) is 5.92 Å². The molecule has 1 aliphatic heterocycles. The number of nitrogens with zero attached hydrogens (tertiary/aromatic N) is 2. The zero-order valence-electron chi connectivity index (χ0n) is 19.2. The van der Waals surface area contributed by atoms with Gasteiger partial charge < -0.3 is 20.3 Å². The van der Waals surface area contributed by atoms with Crippen molar-refractivity contribution < 1.29 is 17.9 Å². The molecule has 194 valence electrons. The maximum absolute atomic E-state index is 12.8. The number of aliphatic imine (C=N–C) groups is 1. The molecule has 6 nitrogen and oxygen atoms in total. The van der Waals surface area contributed by atoms with Crippen molar-refractivity contribution in [3.05, 3.63) is 52.5 Å². The summed E-state index contributed by atoms with van der Waals surface area (Å²) in [5.74, 6) is -0.285. The number of ether oxygens (including phenoxy) is 1. The largest absolute Gasteiger partial charge is 0.573 e. The Labute approximate surface area is 223 Å². The molecule has 0 saturated heterocycles. The van der Waals surface area contributed by atoms with E-state index in [1.165, 1.54) is 6.07 Å². The fourth-order valence-electron chi connectivity index (χ4n) is 4.52. The van der Waals surface area contributed by atoms with Crippen LogP contribution in [0.3, 0.4) is 0 Å². The molecular formula is C23H29BrCl2F3N5O. The van der Waals surface area contributed by atoms with E-state index in [0.717, 1.165) is 42.8 Å². The van der Waals surface area contributed by atoms with Crippen LogP contribution >= 0.6 is 40.7 Å². The lowest BCUT2D eigenvalue weighted by atomic mass is 9.81. The third-order valence-electron chi connectivity index (χ3n) is 6.10. The predicted octanol–water partition coefficient (Wildman–Crippen LogP) is 6.21. The molecule has 1 aliphatic carbocycles. The van der Waals surface area contributed by atoms with Crippen LogP contribution in [0.5, 0.6) is 5.75 Å². The molecule has 2 aromatic carbocycles. The number of benzene rings is 2. The minimum atomic E-state index is -4.76. The monoisotopic (exact) mass is 597 g/mol. The van der Waals surface area contributed by atoms with Gasteiger partial charge in [0.1, 0.15) is 5.84 Å². The van der Waals surface area contributed by atoms with Crippen LogP contribution in [0.25, 0.3) is 0 Å². The first kappa shape index (κ1) is 29.4. The zero-order valence-corrected chi connectivity index (χ0v) is 22.5. The highest BCUT2D eigenvalue weighted by Gasteiger charge is 2.41. The first-order valence-corrected chi connectivity index (χ1v) is 11.6. The van der Waals surface area contributed by atoms with Gasteiger partial charge in [-0.1, -0.05) is 28.1 Å². The lowest BCUT2D eigenvalue weighted by Gasteiger charge is -2.43. The maximum atomic E-state index is 12.8. The summed E-state index contributed by atoms with van der Waals surface area (Å²) in [5.41, 5.74) is 9.06. The Balaban J connectivity index is 0.00000216. The van der Waals surface area contributed by atoms with Crippen LogP contribution in [0.4, 0.5) is 24.5 Å². The summed E-state index contributed by atoms with van der Waals surface area (Å²) in [7, 11) is 3.89. The highest BCUT2D eigenvalue weighted by atomic mass is 79.9. The number of halogens is 6. The number of para-hydroxylation sites is 1. The van der Waals surface area contributed by atoms with Gasteiger partial charge in [0.25, 0.3) is 0 Å². The van der Waals surface area contributed by atoms with Gasteiger partial charge in [-0.2, -0.15) is 0 Å². The van der Waals surface area contributed by atoms with E-state index in [1.54, 1.807) is 12.1 Å². The molecule has 0 amide bonds. The van der Waals surface area contributed by atoms with Gasteiger partial charge in [-0.25, -0.2) is 4.99 Å². The molecule has 35 heavy (non-hydrogen) atoms. The van der Waals surface area contributed by atoms with Gasteiger partial charge in [0.2, 0.25) is 0 Å². The summed E-state index contributed by atoms with van der Waals surface area (Å²) in [6, 6.07) is 12.6. The van der Waals surface area contributed by atoms with Crippen LogP contribution in [-0.2, 0) is 0 Å². The van der Waals surface area contributed by atoms with Gasteiger partial charge in [0.05, 0.1) is 5.69 Å². The molecule has 1 saturated carbocycles. The molecule has 1 atom stereocenters. The van der Waals surface area contributed by atoms with E-state index < -0.39 is 12.1 Å². The summed E-state index contributed by atoms with van der Waals surface area (Å²) in [4.78, 5) is 6.85. The molecule has 12 heteroatoms. The van der Waals surface area contributed by atoms with Crippen molar-refractivity contribution in [2.75, 3.05) is 24.7 Å². The van der Waals surface area contributed by atoms with Crippen LogP contribution in [0.2, 0.25) is 0 Å². The first-order valence-electron chi connectivity index (χ1n) is 10.8. The predicted molar refractivity (Wildman–Crippen MR) is 142 cm³/mol. The fraction of sp³-hybridized carbons (Fsp3) is 0.435. The number of rotatable bonds is 4. The highest BCUT2D eigenvalue weighted by molar-refractivity contribution is 9.10. The summed E-state index contributed by atoms with van der Waals surface area (Å²) < 4.78 is 43.2. The molecule has 4 rings (SSSR count). The van der Waals surface area contributed by atoms with Crippen LogP contribution in [-0.4, -0.2) is 43.0 Å². The van der Waals surface area contributed by atoms with Crippen LogP contribution in [0.15, 0.2) is 51.9 Å². The van der Waals surface area contributed by atoms with Crippen molar-refractivity contribution in [3.63, 3.8) is 0 Å². The van der Waals surface area contributed by atoms with E-state index >= 15 is 0 Å². The van der Waals surface area contributed by atoms with E-state index in [9.17, 15) is 13.2 Å². The average molecular weight is 599 g/mol. The zero-order chi connectivity index (χ0) is 23.8. The number of fused-ring (bicyclic) bond motifs is 1. The van der Waals surface area contributed by atoms with Crippen molar-refractivity contribution in [2.45, 2.75) is 43.9 Å². The molecule has 0 radical (unpaired) electrons. The second-order valence-electron chi connectivity index (χ2n) is 8.71. The molecule has 4 N–H and O–H groups in total. The minimum Gasteiger partial charge on any atom is -0.404 e. The van der Waals surface area contributed by atoms with Crippen molar-refractivity contribution in [3.8, 4) is 5.75 Å². The molecule has 1 heterocycles. The quantitative estimate of drug-likeness (QED) is 0.390. The molecule has 0 spiro atoms. The number of hydrogen-bond donors (Lipinski definition) is 3. The lowest BCUT2D eigenvalue weighted by molar-refractivity contribution is -0.274.